The number of carboxylic acid groups (broad SMARTS) is 1. The van der Waals surface area contributed by atoms with Crippen LogP contribution in [-0.2, 0) is 21.4 Å². The highest BCUT2D eigenvalue weighted by Gasteiger charge is 2.54. The molecule has 32 heavy (non-hydrogen) atoms. The van der Waals surface area contributed by atoms with Gasteiger partial charge in [0.2, 0.25) is 5.16 Å². The van der Waals surface area contributed by atoms with Gasteiger partial charge in [-0.3, -0.25) is 14.5 Å². The summed E-state index contributed by atoms with van der Waals surface area (Å²) in [6, 6.07) is 2.13. The highest BCUT2D eigenvalue weighted by Crippen LogP contribution is 2.41. The normalized spacial score (nSPS) is 20.0. The molecule has 15 heteroatoms. The second kappa shape index (κ2) is 9.17. The van der Waals surface area contributed by atoms with Crippen molar-refractivity contribution in [2.24, 2.45) is 7.05 Å². The molecule has 2 N–H and O–H groups in total. The number of thioether (sulfide) groups is 2. The predicted molar refractivity (Wildman–Crippen MR) is 117 cm³/mol. The molecule has 11 nitrogen and oxygen atoms in total. The largest absolute Gasteiger partial charge is 0.477 e. The molecule has 2 aliphatic rings. The van der Waals surface area contributed by atoms with Gasteiger partial charge in [0.25, 0.3) is 11.8 Å². The van der Waals surface area contributed by atoms with Crippen LogP contribution in [0.5, 0.6) is 0 Å². The van der Waals surface area contributed by atoms with E-state index < -0.39 is 29.2 Å². The quantitative estimate of drug-likeness (QED) is 0.315. The van der Waals surface area contributed by atoms with E-state index in [-0.39, 0.29) is 21.5 Å². The van der Waals surface area contributed by atoms with Gasteiger partial charge in [0, 0.05) is 18.6 Å². The smallest absolute Gasteiger partial charge is 0.352 e. The molecule has 1 fully saturated rings. The Balaban J connectivity index is 1.51. The van der Waals surface area contributed by atoms with Crippen LogP contribution in [0.4, 0.5) is 0 Å². The molecule has 168 valence electrons. The van der Waals surface area contributed by atoms with E-state index in [0.717, 1.165) is 0 Å². The fraction of sp³-hybridized carbons (Fsp3) is 0.294. The lowest BCUT2D eigenvalue weighted by Gasteiger charge is -2.49. The number of aryl methyl sites for hydroxylation is 1. The summed E-state index contributed by atoms with van der Waals surface area (Å²) in [6.07, 6.45) is 1.35. The Morgan fingerprint density at radius 1 is 1.44 bits per heavy atom. The molecule has 4 rings (SSSR count). The molecule has 0 aromatic carbocycles. The summed E-state index contributed by atoms with van der Waals surface area (Å²) in [5.41, 5.74) is 0.350. The van der Waals surface area contributed by atoms with Gasteiger partial charge in [-0.25, -0.2) is 9.48 Å². The van der Waals surface area contributed by atoms with Crippen LogP contribution in [0.2, 0.25) is 0 Å². The summed E-state index contributed by atoms with van der Waals surface area (Å²) >= 11 is 14.3. The minimum atomic E-state index is -1.22. The number of rotatable bonds is 7. The van der Waals surface area contributed by atoms with Crippen LogP contribution in [0, 0.1) is 0 Å². The molecule has 0 saturated carbocycles. The first kappa shape index (κ1) is 22.7. The predicted octanol–water partition coefficient (Wildman–Crippen LogP) is 1.48. The molecular weight excluding hydrogens is 503 g/mol. The monoisotopic (exact) mass is 516 g/mol. The van der Waals surface area contributed by atoms with Crippen molar-refractivity contribution in [3.8, 4) is 0 Å². The number of aliphatic carboxylic acids is 1. The number of carbonyl (C=O) groups is 3. The Morgan fingerprint density at radius 2 is 2.22 bits per heavy atom. The Hall–Kier alpha value is -2.48. The lowest BCUT2D eigenvalue weighted by Crippen LogP contribution is -2.70. The van der Waals surface area contributed by atoms with E-state index in [0.29, 0.717) is 22.2 Å². The number of hydrogen-bond acceptors (Lipinski definition) is 9. The molecule has 1 unspecified atom stereocenters. The summed E-state index contributed by atoms with van der Waals surface area (Å²) in [4.78, 5) is 38.7. The van der Waals surface area contributed by atoms with E-state index in [2.05, 4.69) is 20.8 Å². The molecule has 2 atom stereocenters. The van der Waals surface area contributed by atoms with E-state index in [9.17, 15) is 19.5 Å². The van der Waals surface area contributed by atoms with Crippen LogP contribution >= 0.6 is 46.7 Å². The second-order valence-corrected chi connectivity index (χ2v) is 9.60. The molecule has 2 aliphatic heterocycles. The summed E-state index contributed by atoms with van der Waals surface area (Å²) in [7, 11) is 1.67. The van der Waals surface area contributed by atoms with Gasteiger partial charge in [0.1, 0.15) is 32.9 Å². The average Bonchev–Trinajstić information content (AvgIpc) is 3.41. The maximum absolute atomic E-state index is 12.8. The molecule has 2 aromatic rings. The maximum Gasteiger partial charge on any atom is 0.352 e. The number of halogens is 2. The molecular formula is C17H14Cl2N6O5S2. The lowest BCUT2D eigenvalue weighted by atomic mass is 10.0. The maximum atomic E-state index is 12.8. The van der Waals surface area contributed by atoms with Gasteiger partial charge in [0.15, 0.2) is 0 Å². The van der Waals surface area contributed by atoms with Gasteiger partial charge in [-0.15, -0.1) is 16.9 Å². The third kappa shape index (κ3) is 4.12. The van der Waals surface area contributed by atoms with Crippen LogP contribution in [0.25, 0.3) is 5.57 Å². The molecule has 0 aliphatic carbocycles. The van der Waals surface area contributed by atoms with Crippen molar-refractivity contribution < 1.29 is 23.9 Å². The highest BCUT2D eigenvalue weighted by atomic mass is 35.5. The third-order valence-corrected chi connectivity index (χ3v) is 7.49. The average molecular weight is 517 g/mol. The first-order chi connectivity index (χ1) is 15.3. The van der Waals surface area contributed by atoms with Crippen molar-refractivity contribution in [3.63, 3.8) is 0 Å². The number of furan rings is 1. The molecule has 0 spiro atoms. The molecule has 0 radical (unpaired) electrons. The van der Waals surface area contributed by atoms with Crippen molar-refractivity contribution in [1.29, 1.82) is 0 Å². The van der Waals surface area contributed by atoms with E-state index in [1.54, 1.807) is 13.1 Å². The van der Waals surface area contributed by atoms with Crippen molar-refractivity contribution in [1.82, 2.24) is 30.4 Å². The highest BCUT2D eigenvalue weighted by molar-refractivity contribution is 8.01. The summed E-state index contributed by atoms with van der Waals surface area (Å²) < 4.78 is 6.33. The molecule has 4 heterocycles. The number of aromatic nitrogens is 4. The Labute approximate surface area is 199 Å². The number of β-lactam (4-membered cyclic amide) rings is 1. The van der Waals surface area contributed by atoms with Crippen molar-refractivity contribution in [3.05, 3.63) is 39.9 Å². The fourth-order valence-corrected chi connectivity index (χ4v) is 5.91. The zero-order chi connectivity index (χ0) is 23.0. The van der Waals surface area contributed by atoms with Gasteiger partial charge < -0.3 is 14.8 Å². The topological polar surface area (TPSA) is 143 Å². The first-order valence-corrected chi connectivity index (χ1v) is 11.7. The van der Waals surface area contributed by atoms with Crippen LogP contribution < -0.4 is 5.32 Å². The minimum Gasteiger partial charge on any atom is -0.477 e. The van der Waals surface area contributed by atoms with E-state index >= 15 is 0 Å². The Bertz CT molecular complexity index is 1140. The summed E-state index contributed by atoms with van der Waals surface area (Å²) in [5.74, 6) is -1.66. The third-order valence-electron chi connectivity index (χ3n) is 4.68. The van der Waals surface area contributed by atoms with Gasteiger partial charge in [-0.1, -0.05) is 35.0 Å². The number of hydrogen-bond donors (Lipinski definition) is 2. The standard InChI is InChI=1S/C17H14Cl2N6O5S2/c1-24-17(21-22-23-24)32-6-7-5-31-15-10(14(27)25(15)11(7)16(28)29)20-13(26)9(12(18)19)8-3-2-4-30-8/h2-4,10,15H,5-6H2,1H3,(H,20,26)(H,28,29)/t10?,15-/m0/s1. The SMILES string of the molecule is Cn1nnnc1SCC1=C(C(=O)O)N2C(=O)C(NC(=O)C(=C(Cl)Cl)c3ccco3)[C@@H]2SC1. The zero-order valence-electron chi connectivity index (χ0n) is 16.2. The molecule has 1 saturated heterocycles. The van der Waals surface area contributed by atoms with Gasteiger partial charge in [-0.05, 0) is 28.1 Å². The number of nitrogens with zero attached hydrogens (tertiary/aromatic N) is 5. The molecule has 0 bridgehead atoms. The van der Waals surface area contributed by atoms with E-state index in [1.165, 1.54) is 45.4 Å². The van der Waals surface area contributed by atoms with Crippen molar-refractivity contribution in [2.75, 3.05) is 11.5 Å². The number of carbonyl (C=O) groups excluding carboxylic acids is 2. The number of fused-ring (bicyclic) bond motifs is 1. The summed E-state index contributed by atoms with van der Waals surface area (Å²) in [6.45, 7) is 0. The van der Waals surface area contributed by atoms with E-state index in [1.807, 2.05) is 0 Å². The first-order valence-electron chi connectivity index (χ1n) is 8.94. The Kier molecular flexibility index (Phi) is 6.51. The second-order valence-electron chi connectivity index (χ2n) is 6.60. The van der Waals surface area contributed by atoms with Crippen LogP contribution in [0.15, 0.2) is 43.7 Å². The van der Waals surface area contributed by atoms with Crippen LogP contribution in [-0.4, -0.2) is 70.9 Å². The van der Waals surface area contributed by atoms with Crippen molar-refractivity contribution >= 4 is 70.1 Å². The molecule has 2 amide bonds. The Morgan fingerprint density at radius 3 is 2.81 bits per heavy atom. The van der Waals surface area contributed by atoms with E-state index in [4.69, 9.17) is 27.6 Å². The minimum absolute atomic E-state index is 0.0935. The number of amides is 2. The zero-order valence-corrected chi connectivity index (χ0v) is 19.3. The fourth-order valence-electron chi connectivity index (χ4n) is 3.21. The number of carboxylic acids is 1. The lowest BCUT2D eigenvalue weighted by molar-refractivity contribution is -0.150. The van der Waals surface area contributed by atoms with Gasteiger partial charge >= 0.3 is 5.97 Å². The molecule has 2 aromatic heterocycles. The van der Waals surface area contributed by atoms with Crippen LogP contribution in [0.3, 0.4) is 0 Å². The van der Waals surface area contributed by atoms with Crippen molar-refractivity contribution in [2.45, 2.75) is 16.6 Å². The number of tetrazole rings is 1. The number of nitrogens with one attached hydrogen (secondary N) is 1. The summed E-state index contributed by atoms with van der Waals surface area (Å²) in [5, 5.41) is 23.4. The van der Waals surface area contributed by atoms with Gasteiger partial charge in [0.05, 0.1) is 6.26 Å². The van der Waals surface area contributed by atoms with Gasteiger partial charge in [-0.2, -0.15) is 0 Å². The van der Waals surface area contributed by atoms with Crippen LogP contribution in [0.1, 0.15) is 5.76 Å².